The minimum Gasteiger partial charge on any atom is -0.151 e. The molecule has 0 aliphatic rings. The van der Waals surface area contributed by atoms with Crippen molar-refractivity contribution in [1.82, 2.24) is 0 Å². The topological polar surface area (TPSA) is 29.4 Å². The van der Waals surface area contributed by atoms with Crippen molar-refractivity contribution in [3.8, 4) is 0 Å². The lowest BCUT2D eigenvalue weighted by Crippen LogP contribution is -2.10. The highest BCUT2D eigenvalue weighted by molar-refractivity contribution is 4.62. The van der Waals surface area contributed by atoms with Crippen LogP contribution in [0.4, 0.5) is 0 Å². The van der Waals surface area contributed by atoms with Crippen molar-refractivity contribution in [3.63, 3.8) is 0 Å². The average molecular weight is 129 g/mol. The minimum atomic E-state index is 0.480. The molecular weight excluding hydrogens is 114 g/mol. The van der Waals surface area contributed by atoms with Crippen molar-refractivity contribution in [2.24, 2.45) is 17.0 Å². The third-order valence-electron chi connectivity index (χ3n) is 1.78. The van der Waals surface area contributed by atoms with Crippen LogP contribution < -0.4 is 0 Å². The zero-order valence-corrected chi connectivity index (χ0v) is 6.42. The van der Waals surface area contributed by atoms with Crippen molar-refractivity contribution in [1.29, 1.82) is 0 Å². The van der Waals surface area contributed by atoms with Gasteiger partial charge in [0.1, 0.15) is 0 Å². The van der Waals surface area contributed by atoms with Crippen LogP contribution in [-0.4, -0.2) is 6.54 Å². The lowest BCUT2D eigenvalue weighted by atomic mass is 9.94. The second kappa shape index (κ2) is 4.48. The van der Waals surface area contributed by atoms with E-state index in [0.29, 0.717) is 18.4 Å². The zero-order chi connectivity index (χ0) is 7.28. The molecule has 0 aliphatic heterocycles. The Morgan fingerprint density at radius 3 is 2.11 bits per heavy atom. The van der Waals surface area contributed by atoms with Crippen LogP contribution in [-0.2, 0) is 0 Å². The largest absolute Gasteiger partial charge is 0.151 e. The van der Waals surface area contributed by atoms with E-state index in [2.05, 4.69) is 25.9 Å². The summed E-state index contributed by atoms with van der Waals surface area (Å²) in [5.74, 6) is 1.08. The van der Waals surface area contributed by atoms with E-state index in [-0.39, 0.29) is 0 Å². The molecule has 0 aromatic rings. The fourth-order valence-electron chi connectivity index (χ4n) is 0.907. The van der Waals surface area contributed by atoms with E-state index in [1.807, 2.05) is 0 Å². The molecule has 0 bridgehead atoms. The Kier molecular flexibility index (Phi) is 4.28. The molecular formula is C7H15NO. The Morgan fingerprint density at radius 2 is 2.00 bits per heavy atom. The Hall–Kier alpha value is -0.400. The quantitative estimate of drug-likeness (QED) is 0.536. The summed E-state index contributed by atoms with van der Waals surface area (Å²) in [4.78, 5) is 9.83. The van der Waals surface area contributed by atoms with Gasteiger partial charge in [-0.3, -0.25) is 0 Å². The molecule has 0 aliphatic carbocycles. The molecule has 0 saturated carbocycles. The monoisotopic (exact) mass is 129 g/mol. The highest BCUT2D eigenvalue weighted by Crippen LogP contribution is 2.14. The first-order valence-corrected chi connectivity index (χ1v) is 3.51. The van der Waals surface area contributed by atoms with Crippen molar-refractivity contribution < 1.29 is 0 Å². The molecule has 0 radical (unpaired) electrons. The van der Waals surface area contributed by atoms with Crippen molar-refractivity contribution in [2.75, 3.05) is 6.54 Å². The van der Waals surface area contributed by atoms with Crippen molar-refractivity contribution in [3.05, 3.63) is 4.91 Å². The van der Waals surface area contributed by atoms with Gasteiger partial charge in [0, 0.05) is 0 Å². The number of nitroso groups, excluding NO2 is 1. The number of hydrogen-bond donors (Lipinski definition) is 0. The smallest absolute Gasteiger partial charge is 0.0841 e. The van der Waals surface area contributed by atoms with E-state index in [1.165, 1.54) is 0 Å². The van der Waals surface area contributed by atoms with Gasteiger partial charge in [-0.05, 0) is 11.8 Å². The molecule has 0 amide bonds. The minimum absolute atomic E-state index is 0.480. The Bertz CT molecular complexity index is 81.0. The Balaban J connectivity index is 3.53. The van der Waals surface area contributed by atoms with E-state index in [1.54, 1.807) is 0 Å². The fourth-order valence-corrected chi connectivity index (χ4v) is 0.907. The van der Waals surface area contributed by atoms with Gasteiger partial charge in [0.15, 0.2) is 0 Å². The molecule has 0 spiro atoms. The first-order chi connectivity index (χ1) is 4.22. The normalized spacial score (nSPS) is 13.8. The third kappa shape index (κ3) is 3.22. The summed E-state index contributed by atoms with van der Waals surface area (Å²) in [6.45, 7) is 6.82. The van der Waals surface area contributed by atoms with Gasteiger partial charge in [-0.2, -0.15) is 4.91 Å². The zero-order valence-electron chi connectivity index (χ0n) is 6.42. The van der Waals surface area contributed by atoms with Crippen LogP contribution >= 0.6 is 0 Å². The lowest BCUT2D eigenvalue weighted by Gasteiger charge is -2.13. The maximum absolute atomic E-state index is 9.83. The van der Waals surface area contributed by atoms with Crippen LogP contribution in [0, 0.1) is 16.7 Å². The second-order valence-corrected chi connectivity index (χ2v) is 2.72. The maximum Gasteiger partial charge on any atom is 0.0841 e. The van der Waals surface area contributed by atoms with Gasteiger partial charge in [0.05, 0.1) is 6.54 Å². The molecule has 0 aromatic heterocycles. The summed E-state index contributed by atoms with van der Waals surface area (Å²) >= 11 is 0. The van der Waals surface area contributed by atoms with Gasteiger partial charge < -0.3 is 0 Å². The Morgan fingerprint density at radius 1 is 1.44 bits per heavy atom. The van der Waals surface area contributed by atoms with Gasteiger partial charge in [0.25, 0.3) is 0 Å². The predicted octanol–water partition coefficient (Wildman–Crippen LogP) is 2.44. The van der Waals surface area contributed by atoms with Crippen LogP contribution in [0.25, 0.3) is 0 Å². The molecule has 0 aromatic carbocycles. The molecule has 2 heteroatoms. The molecule has 1 unspecified atom stereocenters. The summed E-state index contributed by atoms with van der Waals surface area (Å²) in [6, 6.07) is 0. The number of rotatable bonds is 4. The molecule has 1 atom stereocenters. The van der Waals surface area contributed by atoms with E-state index in [4.69, 9.17) is 0 Å². The fraction of sp³-hybridized carbons (Fsp3) is 1.00. The first-order valence-electron chi connectivity index (χ1n) is 3.51. The van der Waals surface area contributed by atoms with Gasteiger partial charge in [-0.15, -0.1) is 0 Å². The van der Waals surface area contributed by atoms with Gasteiger partial charge >= 0.3 is 0 Å². The number of nitrogens with zero attached hydrogens (tertiary/aromatic N) is 1. The molecule has 0 N–H and O–H groups in total. The van der Waals surface area contributed by atoms with Gasteiger partial charge in [-0.25, -0.2) is 0 Å². The SMILES string of the molecule is CCC(CN=O)C(C)C. The van der Waals surface area contributed by atoms with E-state index >= 15 is 0 Å². The van der Waals surface area contributed by atoms with Crippen LogP contribution in [0.15, 0.2) is 5.18 Å². The molecule has 9 heavy (non-hydrogen) atoms. The highest BCUT2D eigenvalue weighted by atomic mass is 16.3. The Labute approximate surface area is 56.6 Å². The van der Waals surface area contributed by atoms with E-state index in [0.717, 1.165) is 6.42 Å². The van der Waals surface area contributed by atoms with E-state index in [9.17, 15) is 4.91 Å². The highest BCUT2D eigenvalue weighted by Gasteiger charge is 2.09. The summed E-state index contributed by atoms with van der Waals surface area (Å²) < 4.78 is 0. The van der Waals surface area contributed by atoms with Crippen LogP contribution in [0.5, 0.6) is 0 Å². The van der Waals surface area contributed by atoms with Gasteiger partial charge in [0.2, 0.25) is 0 Å². The molecule has 0 heterocycles. The standard InChI is InChI=1S/C7H15NO/c1-4-7(5-8-9)6(2)3/h6-7H,4-5H2,1-3H3. The summed E-state index contributed by atoms with van der Waals surface area (Å²) in [7, 11) is 0. The van der Waals surface area contributed by atoms with Crippen molar-refractivity contribution >= 4 is 0 Å². The lowest BCUT2D eigenvalue weighted by molar-refractivity contribution is 0.383. The third-order valence-corrected chi connectivity index (χ3v) is 1.78. The average Bonchev–Trinajstić information content (AvgIpc) is 1.82. The van der Waals surface area contributed by atoms with E-state index < -0.39 is 0 Å². The second-order valence-electron chi connectivity index (χ2n) is 2.72. The maximum atomic E-state index is 9.83. The molecule has 54 valence electrons. The van der Waals surface area contributed by atoms with Crippen LogP contribution in [0.1, 0.15) is 27.2 Å². The summed E-state index contributed by atoms with van der Waals surface area (Å²) in [5.41, 5.74) is 0. The van der Waals surface area contributed by atoms with Crippen LogP contribution in [0.3, 0.4) is 0 Å². The van der Waals surface area contributed by atoms with Crippen molar-refractivity contribution in [2.45, 2.75) is 27.2 Å². The molecule has 0 saturated heterocycles. The predicted molar refractivity (Wildman–Crippen MR) is 39.3 cm³/mol. The molecule has 0 rings (SSSR count). The molecule has 0 fully saturated rings. The summed E-state index contributed by atoms with van der Waals surface area (Å²) in [6.07, 6.45) is 1.06. The first kappa shape index (κ1) is 8.60. The number of hydrogen-bond acceptors (Lipinski definition) is 2. The molecule has 2 nitrogen and oxygen atoms in total. The van der Waals surface area contributed by atoms with Crippen LogP contribution in [0.2, 0.25) is 0 Å². The van der Waals surface area contributed by atoms with Gasteiger partial charge in [-0.1, -0.05) is 32.4 Å². The summed E-state index contributed by atoms with van der Waals surface area (Å²) in [5, 5.41) is 2.88.